The van der Waals surface area contributed by atoms with E-state index in [9.17, 15) is 14.7 Å². The number of Topliss-reactive ketones (excluding diaryl/α,β-unsaturated/α-hetero) is 1. The third-order valence-corrected chi connectivity index (χ3v) is 9.70. The highest BCUT2D eigenvalue weighted by Gasteiger charge is 2.64. The molecule has 26 heavy (non-hydrogen) atoms. The van der Waals surface area contributed by atoms with Crippen LogP contribution in [0, 0.1) is 39.9 Å². The van der Waals surface area contributed by atoms with Gasteiger partial charge in [0.1, 0.15) is 11.9 Å². The van der Waals surface area contributed by atoms with Crippen LogP contribution in [0.4, 0.5) is 0 Å². The number of fused-ring (bicyclic) bond motifs is 5. The van der Waals surface area contributed by atoms with E-state index in [4.69, 9.17) is 0 Å². The van der Waals surface area contributed by atoms with Crippen molar-refractivity contribution in [3.8, 4) is 0 Å². The molecule has 2 unspecified atom stereocenters. The number of carbonyl (C=O) groups is 2. The fourth-order valence-electron chi connectivity index (χ4n) is 7.89. The Hall–Kier alpha value is -0.960. The minimum absolute atomic E-state index is 0.0633. The minimum Gasteiger partial charge on any atom is -0.385 e. The largest absolute Gasteiger partial charge is 0.385 e. The maximum Gasteiger partial charge on any atom is 0.184 e. The first-order chi connectivity index (χ1) is 12.0. The van der Waals surface area contributed by atoms with Crippen molar-refractivity contribution in [3.63, 3.8) is 0 Å². The van der Waals surface area contributed by atoms with Crippen LogP contribution in [0.5, 0.6) is 0 Å². The second-order valence-corrected chi connectivity index (χ2v) is 10.5. The number of allylic oxidation sites excluding steroid dienone is 1. The minimum atomic E-state index is -0.839. The molecule has 0 aliphatic heterocycles. The van der Waals surface area contributed by atoms with Gasteiger partial charge in [0.15, 0.2) is 5.78 Å². The quantitative estimate of drug-likeness (QED) is 0.759. The zero-order valence-electron chi connectivity index (χ0n) is 17.0. The van der Waals surface area contributed by atoms with Crippen LogP contribution in [0.1, 0.15) is 73.1 Å². The second-order valence-electron chi connectivity index (χ2n) is 10.5. The fraction of sp³-hybridized carbons (Fsp3) is 0.826. The lowest BCUT2D eigenvalue weighted by Crippen LogP contribution is -2.55. The summed E-state index contributed by atoms with van der Waals surface area (Å²) in [5.74, 6) is 2.37. The van der Waals surface area contributed by atoms with Gasteiger partial charge in [-0.15, -0.1) is 0 Å². The van der Waals surface area contributed by atoms with E-state index in [-0.39, 0.29) is 22.0 Å². The SMILES string of the molecule is CC(=O)[C@]1(C)CC[C@H]2[C@@H]3CC(C)C4=CC(=O)C(O)C[C@]4(C)[C@H]3CC[C@@]21C. The van der Waals surface area contributed by atoms with Crippen LogP contribution in [-0.4, -0.2) is 22.8 Å². The highest BCUT2D eigenvalue weighted by Crippen LogP contribution is 2.70. The van der Waals surface area contributed by atoms with E-state index in [0.717, 1.165) is 32.1 Å². The summed E-state index contributed by atoms with van der Waals surface area (Å²) in [6, 6.07) is 0. The average molecular weight is 359 g/mol. The molecule has 3 nitrogen and oxygen atoms in total. The molecule has 3 saturated carbocycles. The molecule has 0 radical (unpaired) electrons. The van der Waals surface area contributed by atoms with Crippen LogP contribution < -0.4 is 0 Å². The van der Waals surface area contributed by atoms with Crippen molar-refractivity contribution in [2.45, 2.75) is 79.2 Å². The van der Waals surface area contributed by atoms with E-state index >= 15 is 0 Å². The van der Waals surface area contributed by atoms with Gasteiger partial charge in [-0.2, -0.15) is 0 Å². The summed E-state index contributed by atoms with van der Waals surface area (Å²) in [4.78, 5) is 24.7. The fourth-order valence-corrected chi connectivity index (χ4v) is 7.89. The van der Waals surface area contributed by atoms with Crippen molar-refractivity contribution in [2.24, 2.45) is 39.9 Å². The summed E-state index contributed by atoms with van der Waals surface area (Å²) in [5, 5.41) is 10.3. The predicted octanol–water partition coefficient (Wildman–Crippen LogP) is 4.33. The van der Waals surface area contributed by atoms with Gasteiger partial charge in [0.05, 0.1) is 0 Å². The highest BCUT2D eigenvalue weighted by atomic mass is 16.3. The van der Waals surface area contributed by atoms with Crippen molar-refractivity contribution in [1.82, 2.24) is 0 Å². The molecule has 0 bridgehead atoms. The van der Waals surface area contributed by atoms with E-state index < -0.39 is 6.10 Å². The molecule has 3 heteroatoms. The normalized spacial score (nSPS) is 53.4. The van der Waals surface area contributed by atoms with Gasteiger partial charge < -0.3 is 5.11 Å². The molecular weight excluding hydrogens is 324 g/mol. The summed E-state index contributed by atoms with van der Waals surface area (Å²) >= 11 is 0. The number of hydrogen-bond acceptors (Lipinski definition) is 3. The summed E-state index contributed by atoms with van der Waals surface area (Å²) < 4.78 is 0. The molecule has 4 aliphatic rings. The first kappa shape index (κ1) is 18.4. The number of aliphatic hydroxyl groups excluding tert-OH is 1. The van der Waals surface area contributed by atoms with Crippen LogP contribution in [0.15, 0.2) is 11.6 Å². The molecule has 0 saturated heterocycles. The molecule has 0 aromatic carbocycles. The van der Waals surface area contributed by atoms with E-state index in [1.807, 2.05) is 0 Å². The lowest BCUT2D eigenvalue weighted by Gasteiger charge is -2.61. The van der Waals surface area contributed by atoms with Gasteiger partial charge in [0.25, 0.3) is 0 Å². The molecule has 0 spiro atoms. The summed E-state index contributed by atoms with van der Waals surface area (Å²) in [6.45, 7) is 10.9. The molecule has 4 aliphatic carbocycles. The maximum absolute atomic E-state index is 12.5. The standard InChI is InChI=1S/C23H34O3/c1-13-10-15-16(21(3)12-20(26)19(25)11-18(13)21)6-9-23(5)17(15)7-8-22(23,4)14(2)24/h11,13,15-17,20,26H,6-10,12H2,1-5H3/t13?,15-,16+,17+,20?,21-,22+,23+/m1/s1. The van der Waals surface area contributed by atoms with Crippen LogP contribution in [0.3, 0.4) is 0 Å². The smallest absolute Gasteiger partial charge is 0.184 e. The third-order valence-electron chi connectivity index (χ3n) is 9.70. The van der Waals surface area contributed by atoms with Gasteiger partial charge in [0, 0.05) is 5.41 Å². The first-order valence-corrected chi connectivity index (χ1v) is 10.5. The highest BCUT2D eigenvalue weighted by molar-refractivity contribution is 5.95. The van der Waals surface area contributed by atoms with Crippen molar-refractivity contribution in [1.29, 1.82) is 0 Å². The number of rotatable bonds is 1. The van der Waals surface area contributed by atoms with Crippen molar-refractivity contribution >= 4 is 11.6 Å². The van der Waals surface area contributed by atoms with Gasteiger partial charge >= 0.3 is 0 Å². The Kier molecular flexibility index (Phi) is 3.91. The Morgan fingerprint density at radius 2 is 1.81 bits per heavy atom. The van der Waals surface area contributed by atoms with Crippen molar-refractivity contribution in [3.05, 3.63) is 11.6 Å². The maximum atomic E-state index is 12.5. The lowest BCUT2D eigenvalue weighted by atomic mass is 9.43. The predicted molar refractivity (Wildman–Crippen MR) is 101 cm³/mol. The Bertz CT molecular complexity index is 694. The summed E-state index contributed by atoms with van der Waals surface area (Å²) in [7, 11) is 0. The van der Waals surface area contributed by atoms with Gasteiger partial charge in [-0.3, -0.25) is 9.59 Å². The number of hydrogen-bond donors (Lipinski definition) is 1. The summed E-state index contributed by atoms with van der Waals surface area (Å²) in [5.41, 5.74) is 1.13. The van der Waals surface area contributed by atoms with Crippen LogP contribution in [0.25, 0.3) is 0 Å². The first-order valence-electron chi connectivity index (χ1n) is 10.5. The Labute approximate surface area is 157 Å². The second kappa shape index (κ2) is 5.53. The molecule has 0 heterocycles. The molecule has 0 aromatic rings. The molecule has 0 amide bonds. The lowest BCUT2D eigenvalue weighted by molar-refractivity contribution is -0.142. The molecule has 144 valence electrons. The van der Waals surface area contributed by atoms with Crippen molar-refractivity contribution < 1.29 is 14.7 Å². The van der Waals surface area contributed by atoms with Crippen LogP contribution in [0.2, 0.25) is 0 Å². The topological polar surface area (TPSA) is 54.4 Å². The number of carbonyl (C=O) groups excluding carboxylic acids is 2. The molecular formula is C23H34O3. The zero-order chi connectivity index (χ0) is 19.1. The van der Waals surface area contributed by atoms with E-state index in [1.54, 1.807) is 13.0 Å². The summed E-state index contributed by atoms with van der Waals surface area (Å²) in [6.07, 6.45) is 7.02. The molecule has 1 N–H and O–H groups in total. The van der Waals surface area contributed by atoms with E-state index in [1.165, 1.54) is 5.57 Å². The zero-order valence-corrected chi connectivity index (χ0v) is 17.0. The van der Waals surface area contributed by atoms with E-state index in [2.05, 4.69) is 27.7 Å². The van der Waals surface area contributed by atoms with Crippen LogP contribution >= 0.6 is 0 Å². The van der Waals surface area contributed by atoms with Crippen molar-refractivity contribution in [2.75, 3.05) is 0 Å². The molecule has 4 rings (SSSR count). The van der Waals surface area contributed by atoms with Gasteiger partial charge in [-0.1, -0.05) is 33.3 Å². The Morgan fingerprint density at radius 1 is 1.15 bits per heavy atom. The number of ketones is 2. The van der Waals surface area contributed by atoms with Crippen LogP contribution in [-0.2, 0) is 9.59 Å². The molecule has 0 aromatic heterocycles. The monoisotopic (exact) mass is 358 g/mol. The third kappa shape index (κ3) is 2.10. The van der Waals surface area contributed by atoms with Gasteiger partial charge in [0.2, 0.25) is 0 Å². The number of aliphatic hydroxyl groups is 1. The molecule has 8 atom stereocenters. The van der Waals surface area contributed by atoms with Gasteiger partial charge in [-0.25, -0.2) is 0 Å². The van der Waals surface area contributed by atoms with Gasteiger partial charge in [-0.05, 0) is 86.0 Å². The Morgan fingerprint density at radius 3 is 2.46 bits per heavy atom. The Balaban J connectivity index is 1.74. The molecule has 3 fully saturated rings. The van der Waals surface area contributed by atoms with E-state index in [0.29, 0.717) is 35.9 Å². The average Bonchev–Trinajstić information content (AvgIpc) is 2.83.